The molecule has 98 valence electrons. The molecule has 5 heteroatoms. The number of aromatic nitrogens is 1. The smallest absolute Gasteiger partial charge is 0.354 e. The molecule has 0 radical (unpaired) electrons. The summed E-state index contributed by atoms with van der Waals surface area (Å²) in [7, 11) is 0. The van der Waals surface area contributed by atoms with Crippen LogP contribution in [0.15, 0.2) is 42.6 Å². The van der Waals surface area contributed by atoms with Gasteiger partial charge in [0.15, 0.2) is 0 Å². The number of hydrogen-bond donors (Lipinski definition) is 2. The average Bonchev–Trinajstić information content (AvgIpc) is 2.42. The van der Waals surface area contributed by atoms with Crippen LogP contribution in [-0.2, 0) is 6.42 Å². The molecule has 0 saturated carbocycles. The molecule has 0 unspecified atom stereocenters. The zero-order chi connectivity index (χ0) is 13.7. The van der Waals surface area contributed by atoms with Crippen molar-refractivity contribution in [3.63, 3.8) is 0 Å². The topological polar surface area (TPSA) is 79.7 Å². The maximum Gasteiger partial charge on any atom is 0.354 e. The molecule has 0 spiro atoms. The Morgan fingerprint density at radius 2 is 2.00 bits per heavy atom. The molecule has 0 amide bonds. The Hall–Kier alpha value is -2.40. The van der Waals surface area contributed by atoms with E-state index in [2.05, 4.69) is 4.98 Å². The van der Waals surface area contributed by atoms with Crippen LogP contribution in [0.5, 0.6) is 11.5 Å². The normalized spacial score (nSPS) is 10.2. The number of ether oxygens (including phenoxy) is 1. The second-order valence-electron chi connectivity index (χ2n) is 3.87. The Morgan fingerprint density at radius 1 is 1.21 bits per heavy atom. The van der Waals surface area contributed by atoms with E-state index in [4.69, 9.17) is 14.9 Å². The Kier molecular flexibility index (Phi) is 4.10. The quantitative estimate of drug-likeness (QED) is 0.859. The van der Waals surface area contributed by atoms with Gasteiger partial charge in [0.25, 0.3) is 0 Å². The highest BCUT2D eigenvalue weighted by atomic mass is 16.5. The number of pyridine rings is 1. The zero-order valence-electron chi connectivity index (χ0n) is 10.1. The number of carbonyl (C=O) groups is 1. The number of benzene rings is 1. The van der Waals surface area contributed by atoms with Crippen LogP contribution in [0.3, 0.4) is 0 Å². The van der Waals surface area contributed by atoms with Gasteiger partial charge in [-0.15, -0.1) is 0 Å². The summed E-state index contributed by atoms with van der Waals surface area (Å²) in [5.41, 5.74) is 0.850. The monoisotopic (exact) mass is 259 g/mol. The lowest BCUT2D eigenvalue weighted by atomic mass is 10.1. The highest BCUT2D eigenvalue weighted by Crippen LogP contribution is 2.25. The van der Waals surface area contributed by atoms with E-state index < -0.39 is 5.97 Å². The van der Waals surface area contributed by atoms with Gasteiger partial charge in [-0.1, -0.05) is 18.2 Å². The minimum atomic E-state index is -1.08. The molecule has 19 heavy (non-hydrogen) atoms. The van der Waals surface area contributed by atoms with Crippen LogP contribution in [0.2, 0.25) is 0 Å². The Bertz CT molecular complexity index is 566. The van der Waals surface area contributed by atoms with Crippen molar-refractivity contribution in [2.45, 2.75) is 6.42 Å². The van der Waals surface area contributed by atoms with Crippen LogP contribution >= 0.6 is 0 Å². The van der Waals surface area contributed by atoms with Gasteiger partial charge in [-0.05, 0) is 30.2 Å². The highest BCUT2D eigenvalue weighted by Gasteiger charge is 2.07. The number of carboxylic acids is 1. The van der Waals surface area contributed by atoms with Crippen molar-refractivity contribution in [1.82, 2.24) is 4.98 Å². The lowest BCUT2D eigenvalue weighted by Crippen LogP contribution is -2.00. The molecule has 1 aromatic heterocycles. The minimum absolute atomic E-state index is 0.0315. The van der Waals surface area contributed by atoms with Crippen LogP contribution in [0.4, 0.5) is 0 Å². The van der Waals surface area contributed by atoms with Crippen molar-refractivity contribution in [3.05, 3.63) is 53.9 Å². The van der Waals surface area contributed by atoms with E-state index in [9.17, 15) is 4.79 Å². The van der Waals surface area contributed by atoms with Crippen LogP contribution in [0.25, 0.3) is 0 Å². The molecule has 0 aliphatic rings. The van der Waals surface area contributed by atoms with Gasteiger partial charge in [-0.2, -0.15) is 0 Å². The van der Waals surface area contributed by atoms with Gasteiger partial charge in [0.2, 0.25) is 0 Å². The van der Waals surface area contributed by atoms with E-state index >= 15 is 0 Å². The van der Waals surface area contributed by atoms with Gasteiger partial charge in [0, 0.05) is 6.61 Å². The summed E-state index contributed by atoms with van der Waals surface area (Å²) in [4.78, 5) is 14.5. The average molecular weight is 259 g/mol. The maximum atomic E-state index is 10.7. The van der Waals surface area contributed by atoms with Crippen molar-refractivity contribution in [2.24, 2.45) is 0 Å². The van der Waals surface area contributed by atoms with Crippen molar-refractivity contribution >= 4 is 5.97 Å². The van der Waals surface area contributed by atoms with Crippen molar-refractivity contribution in [2.75, 3.05) is 6.61 Å². The standard InChI is InChI=1S/C14H13NO4/c16-8-7-10-3-1-2-4-13(10)19-11-5-6-12(14(17)18)15-9-11/h1-6,9,16H,7-8H2,(H,17,18). The van der Waals surface area contributed by atoms with Crippen LogP contribution < -0.4 is 4.74 Å². The third kappa shape index (κ3) is 3.29. The molecule has 0 aliphatic carbocycles. The first-order chi connectivity index (χ1) is 9.20. The Balaban J connectivity index is 2.19. The zero-order valence-corrected chi connectivity index (χ0v) is 10.1. The maximum absolute atomic E-state index is 10.7. The molecular weight excluding hydrogens is 246 g/mol. The van der Waals surface area contributed by atoms with Gasteiger partial charge >= 0.3 is 5.97 Å². The highest BCUT2D eigenvalue weighted by molar-refractivity contribution is 5.85. The summed E-state index contributed by atoms with van der Waals surface area (Å²) >= 11 is 0. The second-order valence-corrected chi connectivity index (χ2v) is 3.87. The number of hydrogen-bond acceptors (Lipinski definition) is 4. The largest absolute Gasteiger partial charge is 0.477 e. The van der Waals surface area contributed by atoms with Crippen molar-refractivity contribution in [1.29, 1.82) is 0 Å². The number of aromatic carboxylic acids is 1. The molecule has 2 rings (SSSR count). The lowest BCUT2D eigenvalue weighted by molar-refractivity contribution is 0.0690. The van der Waals surface area contributed by atoms with Crippen molar-refractivity contribution in [3.8, 4) is 11.5 Å². The molecule has 0 fully saturated rings. The fraction of sp³-hybridized carbons (Fsp3) is 0.143. The van der Waals surface area contributed by atoms with Crippen LogP contribution in [-0.4, -0.2) is 27.8 Å². The third-order valence-corrected chi connectivity index (χ3v) is 2.54. The summed E-state index contributed by atoms with van der Waals surface area (Å²) in [5.74, 6) is 0.00375. The number of carboxylic acid groups (broad SMARTS) is 1. The van der Waals surface area contributed by atoms with E-state index in [1.165, 1.54) is 12.3 Å². The van der Waals surface area contributed by atoms with Gasteiger partial charge in [0.05, 0.1) is 6.20 Å². The SMILES string of the molecule is O=C(O)c1ccc(Oc2ccccc2CCO)cn1. The molecule has 0 aliphatic heterocycles. The van der Waals surface area contributed by atoms with E-state index in [0.29, 0.717) is 17.9 Å². The summed E-state index contributed by atoms with van der Waals surface area (Å²) in [6, 6.07) is 10.3. The summed E-state index contributed by atoms with van der Waals surface area (Å²) in [6.45, 7) is 0.0383. The fourth-order valence-electron chi connectivity index (χ4n) is 1.62. The van der Waals surface area contributed by atoms with Crippen molar-refractivity contribution < 1.29 is 19.7 Å². The van der Waals surface area contributed by atoms with Gasteiger partial charge < -0.3 is 14.9 Å². The van der Waals surface area contributed by atoms with E-state index in [-0.39, 0.29) is 12.3 Å². The Morgan fingerprint density at radius 3 is 2.63 bits per heavy atom. The van der Waals surface area contributed by atoms with Gasteiger partial charge in [0.1, 0.15) is 17.2 Å². The molecule has 1 aromatic carbocycles. The second kappa shape index (κ2) is 5.97. The molecule has 2 N–H and O–H groups in total. The van der Waals surface area contributed by atoms with E-state index in [1.54, 1.807) is 12.1 Å². The van der Waals surface area contributed by atoms with Gasteiger partial charge in [-0.25, -0.2) is 9.78 Å². The van der Waals surface area contributed by atoms with Crippen LogP contribution in [0.1, 0.15) is 16.1 Å². The summed E-state index contributed by atoms with van der Waals surface area (Å²) in [6.07, 6.45) is 1.86. The lowest BCUT2D eigenvalue weighted by Gasteiger charge is -2.10. The molecule has 5 nitrogen and oxygen atoms in total. The van der Waals surface area contributed by atoms with Gasteiger partial charge in [-0.3, -0.25) is 0 Å². The third-order valence-electron chi connectivity index (χ3n) is 2.54. The summed E-state index contributed by atoms with van der Waals surface area (Å²) < 4.78 is 5.63. The van der Waals surface area contributed by atoms with Crippen LogP contribution in [0, 0.1) is 0 Å². The number of aliphatic hydroxyl groups is 1. The number of rotatable bonds is 5. The molecule has 2 aromatic rings. The number of aliphatic hydroxyl groups excluding tert-OH is 1. The summed E-state index contributed by atoms with van der Waals surface area (Å²) in [5, 5.41) is 17.7. The van der Waals surface area contributed by atoms with E-state index in [1.807, 2.05) is 18.2 Å². The predicted octanol–water partition coefficient (Wildman–Crippen LogP) is 2.11. The molecule has 0 saturated heterocycles. The minimum Gasteiger partial charge on any atom is -0.477 e. The molecular formula is C14H13NO4. The molecule has 1 heterocycles. The first kappa shape index (κ1) is 13.0. The first-order valence-corrected chi connectivity index (χ1v) is 5.76. The number of nitrogens with zero attached hydrogens (tertiary/aromatic N) is 1. The predicted molar refractivity (Wildman–Crippen MR) is 68.5 cm³/mol. The first-order valence-electron chi connectivity index (χ1n) is 5.76. The number of para-hydroxylation sites is 1. The Labute approximate surface area is 110 Å². The molecule has 0 bridgehead atoms. The van der Waals surface area contributed by atoms with E-state index in [0.717, 1.165) is 5.56 Å². The molecule has 0 atom stereocenters. The fourth-order valence-corrected chi connectivity index (χ4v) is 1.62.